The molecule has 0 rings (SSSR count). The fourth-order valence-corrected chi connectivity index (χ4v) is 5.66. The van der Waals surface area contributed by atoms with Crippen molar-refractivity contribution in [1.82, 2.24) is 0 Å². The van der Waals surface area contributed by atoms with Gasteiger partial charge >= 0.3 is 0 Å². The first-order chi connectivity index (χ1) is 20.1. The van der Waals surface area contributed by atoms with Crippen molar-refractivity contribution in [2.24, 2.45) is 5.41 Å². The Balaban J connectivity index is 3.21. The van der Waals surface area contributed by atoms with Gasteiger partial charge in [-0.15, -0.1) is 0 Å². The minimum atomic E-state index is 0.507. The standard InChI is InChI=1S/C41H78/c1-5-6-7-8-9-10-11-12-13-14-15-16-17-18-19-20-21-22-23-24-25-26-27-28-29-30-31-32-33-34-35-36-37-38-39-40-41(2,3)4/h20-21,27-28,34-35H,5-19,22-26,29-33,36-40H2,1-4H3/b21-20+,28-27+,35-34?. The lowest BCUT2D eigenvalue weighted by atomic mass is 9.89. The highest BCUT2D eigenvalue weighted by Crippen LogP contribution is 2.22. The molecule has 0 aromatic carbocycles. The van der Waals surface area contributed by atoms with Crippen LogP contribution in [0.5, 0.6) is 0 Å². The first-order valence-electron chi connectivity index (χ1n) is 19.0. The van der Waals surface area contributed by atoms with E-state index in [9.17, 15) is 0 Å². The Labute approximate surface area is 261 Å². The predicted molar refractivity (Wildman–Crippen MR) is 191 cm³/mol. The number of hydrogen-bond acceptors (Lipinski definition) is 0. The van der Waals surface area contributed by atoms with Crippen LogP contribution in [0.4, 0.5) is 0 Å². The van der Waals surface area contributed by atoms with Crippen LogP contribution in [0.1, 0.15) is 220 Å². The van der Waals surface area contributed by atoms with E-state index in [2.05, 4.69) is 64.2 Å². The second-order valence-electron chi connectivity index (χ2n) is 14.2. The van der Waals surface area contributed by atoms with Crippen molar-refractivity contribution in [2.45, 2.75) is 220 Å². The number of allylic oxidation sites excluding steroid dienone is 6. The van der Waals surface area contributed by atoms with E-state index in [0.717, 1.165) is 0 Å². The summed E-state index contributed by atoms with van der Waals surface area (Å²) in [4.78, 5) is 0. The fraction of sp³-hybridized carbons (Fsp3) is 0.854. The van der Waals surface area contributed by atoms with Gasteiger partial charge in [-0.3, -0.25) is 0 Å². The zero-order chi connectivity index (χ0) is 30.0. The molecule has 0 nitrogen and oxygen atoms in total. The van der Waals surface area contributed by atoms with E-state index in [1.807, 2.05) is 0 Å². The highest BCUT2D eigenvalue weighted by Gasteiger charge is 2.08. The molecule has 0 fully saturated rings. The maximum atomic E-state index is 2.45. The number of unbranched alkanes of at least 4 members (excludes halogenated alkanes) is 25. The van der Waals surface area contributed by atoms with Crippen molar-refractivity contribution in [3.8, 4) is 0 Å². The Morgan fingerprint density at radius 1 is 0.293 bits per heavy atom. The van der Waals surface area contributed by atoms with Gasteiger partial charge in [0.1, 0.15) is 0 Å². The predicted octanol–water partition coefficient (Wildman–Crippen LogP) is 15.4. The molecule has 41 heavy (non-hydrogen) atoms. The molecule has 0 saturated carbocycles. The maximum Gasteiger partial charge on any atom is -0.0351 e. The SMILES string of the molecule is CCCCCCCCCCCCCCCC/C=C/CCCCC/C=C/CCCCCC=CCCCCCC(C)(C)C. The molecule has 0 heteroatoms. The van der Waals surface area contributed by atoms with Crippen LogP contribution in [0.3, 0.4) is 0 Å². The third-order valence-electron chi connectivity index (χ3n) is 8.51. The zero-order valence-electron chi connectivity index (χ0n) is 29.2. The van der Waals surface area contributed by atoms with E-state index in [4.69, 9.17) is 0 Å². The number of hydrogen-bond donors (Lipinski definition) is 0. The molecule has 0 N–H and O–H groups in total. The first-order valence-corrected chi connectivity index (χ1v) is 19.0. The molecule has 0 bridgehead atoms. The quantitative estimate of drug-likeness (QED) is 0.0557. The van der Waals surface area contributed by atoms with Crippen molar-refractivity contribution in [3.05, 3.63) is 36.5 Å². The average Bonchev–Trinajstić information content (AvgIpc) is 2.94. The molecule has 0 aromatic heterocycles. The molecule has 0 radical (unpaired) electrons. The number of rotatable bonds is 32. The molecule has 0 saturated heterocycles. The van der Waals surface area contributed by atoms with Gasteiger partial charge < -0.3 is 0 Å². The molecule has 0 aliphatic carbocycles. The van der Waals surface area contributed by atoms with Crippen molar-refractivity contribution in [3.63, 3.8) is 0 Å². The monoisotopic (exact) mass is 571 g/mol. The van der Waals surface area contributed by atoms with Crippen LogP contribution in [0, 0.1) is 5.41 Å². The molecule has 0 aliphatic rings. The van der Waals surface area contributed by atoms with Gasteiger partial charge in [0.15, 0.2) is 0 Å². The molecule has 242 valence electrons. The van der Waals surface area contributed by atoms with Gasteiger partial charge in [0.25, 0.3) is 0 Å². The molecular formula is C41H78. The van der Waals surface area contributed by atoms with E-state index in [1.54, 1.807) is 0 Å². The van der Waals surface area contributed by atoms with Gasteiger partial charge in [-0.05, 0) is 88.9 Å². The smallest absolute Gasteiger partial charge is 0.0351 e. The summed E-state index contributed by atoms with van der Waals surface area (Å²) in [6.07, 6.45) is 56.4. The van der Waals surface area contributed by atoms with Crippen molar-refractivity contribution < 1.29 is 0 Å². The van der Waals surface area contributed by atoms with Crippen LogP contribution in [0.15, 0.2) is 36.5 Å². The summed E-state index contributed by atoms with van der Waals surface area (Å²) in [7, 11) is 0. The van der Waals surface area contributed by atoms with Crippen molar-refractivity contribution in [2.75, 3.05) is 0 Å². The molecule has 0 heterocycles. The summed E-state index contributed by atoms with van der Waals surface area (Å²) in [6, 6.07) is 0. The Morgan fingerprint density at radius 3 is 0.780 bits per heavy atom. The molecule has 0 atom stereocenters. The lowest BCUT2D eigenvalue weighted by molar-refractivity contribution is 0.358. The zero-order valence-corrected chi connectivity index (χ0v) is 29.2. The third kappa shape index (κ3) is 39.2. The van der Waals surface area contributed by atoms with Crippen LogP contribution in [-0.4, -0.2) is 0 Å². The van der Waals surface area contributed by atoms with Gasteiger partial charge in [-0.25, -0.2) is 0 Å². The van der Waals surface area contributed by atoms with E-state index in [-0.39, 0.29) is 0 Å². The summed E-state index contributed by atoms with van der Waals surface area (Å²) in [5.74, 6) is 0. The summed E-state index contributed by atoms with van der Waals surface area (Å²) in [5.41, 5.74) is 0.507. The van der Waals surface area contributed by atoms with Crippen LogP contribution >= 0.6 is 0 Å². The second kappa shape index (κ2) is 33.7. The van der Waals surface area contributed by atoms with Gasteiger partial charge in [-0.1, -0.05) is 173 Å². The Hall–Kier alpha value is -0.780. The Morgan fingerprint density at radius 2 is 0.512 bits per heavy atom. The fourth-order valence-electron chi connectivity index (χ4n) is 5.66. The highest BCUT2D eigenvalue weighted by molar-refractivity contribution is 4.84. The van der Waals surface area contributed by atoms with E-state index in [0.29, 0.717) is 5.41 Å². The lowest BCUT2D eigenvalue weighted by Crippen LogP contribution is -2.03. The van der Waals surface area contributed by atoms with Gasteiger partial charge in [-0.2, -0.15) is 0 Å². The van der Waals surface area contributed by atoms with Crippen LogP contribution in [0.25, 0.3) is 0 Å². The molecular weight excluding hydrogens is 492 g/mol. The minimum Gasteiger partial charge on any atom is -0.0885 e. The topological polar surface area (TPSA) is 0 Å². The van der Waals surface area contributed by atoms with Crippen molar-refractivity contribution >= 4 is 0 Å². The maximum absolute atomic E-state index is 2.45. The lowest BCUT2D eigenvalue weighted by Gasteiger charge is -2.17. The van der Waals surface area contributed by atoms with Gasteiger partial charge in [0.2, 0.25) is 0 Å². The van der Waals surface area contributed by atoms with E-state index >= 15 is 0 Å². The van der Waals surface area contributed by atoms with Crippen LogP contribution < -0.4 is 0 Å². The summed E-state index contributed by atoms with van der Waals surface area (Å²) >= 11 is 0. The Kier molecular flexibility index (Phi) is 33.1. The molecule has 0 aromatic rings. The van der Waals surface area contributed by atoms with Crippen LogP contribution in [-0.2, 0) is 0 Å². The second-order valence-corrected chi connectivity index (χ2v) is 14.2. The summed E-state index contributed by atoms with van der Waals surface area (Å²) in [5, 5.41) is 0. The molecule has 0 amide bonds. The Bertz CT molecular complexity index is 557. The molecule has 0 spiro atoms. The average molecular weight is 571 g/mol. The summed E-state index contributed by atoms with van der Waals surface area (Å²) in [6.45, 7) is 9.36. The van der Waals surface area contributed by atoms with E-state index < -0.39 is 0 Å². The van der Waals surface area contributed by atoms with Crippen molar-refractivity contribution in [1.29, 1.82) is 0 Å². The van der Waals surface area contributed by atoms with E-state index in [1.165, 1.54) is 193 Å². The normalized spacial score (nSPS) is 12.6. The molecule has 0 aliphatic heterocycles. The largest absolute Gasteiger partial charge is 0.0885 e. The molecule has 0 unspecified atom stereocenters. The van der Waals surface area contributed by atoms with Crippen LogP contribution in [0.2, 0.25) is 0 Å². The third-order valence-corrected chi connectivity index (χ3v) is 8.51. The first kappa shape index (κ1) is 40.2. The van der Waals surface area contributed by atoms with Gasteiger partial charge in [0.05, 0.1) is 0 Å². The minimum absolute atomic E-state index is 0.507. The van der Waals surface area contributed by atoms with Gasteiger partial charge in [0, 0.05) is 0 Å². The highest BCUT2D eigenvalue weighted by atomic mass is 14.1. The summed E-state index contributed by atoms with van der Waals surface area (Å²) < 4.78 is 0.